The molecule has 40 heavy (non-hydrogen) atoms. The van der Waals surface area contributed by atoms with E-state index in [0.29, 0.717) is 5.56 Å². The summed E-state index contributed by atoms with van der Waals surface area (Å²) in [6.07, 6.45) is -1.13. The maximum absolute atomic E-state index is 13.5. The second kappa shape index (κ2) is 11.3. The number of nitro benzene ring substituents is 1. The molecule has 1 atom stereocenters. The zero-order valence-electron chi connectivity index (χ0n) is 21.9. The van der Waals surface area contributed by atoms with E-state index in [4.69, 9.17) is 14.2 Å². The van der Waals surface area contributed by atoms with Gasteiger partial charge in [-0.1, -0.05) is 17.7 Å². The molecule has 0 saturated carbocycles. The lowest BCUT2D eigenvalue weighted by molar-refractivity contribution is -0.384. The van der Waals surface area contributed by atoms with Gasteiger partial charge in [-0.3, -0.25) is 14.8 Å². The summed E-state index contributed by atoms with van der Waals surface area (Å²) in [4.78, 5) is 37.6. The molecule has 1 aliphatic heterocycles. The Balaban J connectivity index is 1.83. The van der Waals surface area contributed by atoms with Gasteiger partial charge < -0.3 is 14.2 Å². The van der Waals surface area contributed by atoms with Crippen molar-refractivity contribution in [3.8, 4) is 5.75 Å². The number of esters is 2. The Bertz CT molecular complexity index is 1520. The molecular weight excluding hydrogens is 542 g/mol. The maximum atomic E-state index is 13.5. The van der Waals surface area contributed by atoms with Crippen LogP contribution in [0.1, 0.15) is 36.8 Å². The third kappa shape index (κ3) is 5.46. The summed E-state index contributed by atoms with van der Waals surface area (Å²) >= 11 is 0. The van der Waals surface area contributed by atoms with Crippen molar-refractivity contribution in [2.75, 3.05) is 17.9 Å². The number of carbonyl (C=O) groups excluding carboxylic acids is 2. The molecule has 0 radical (unpaired) electrons. The number of nitrogens with one attached hydrogen (secondary N) is 2. The summed E-state index contributed by atoms with van der Waals surface area (Å²) in [7, 11) is -4.02. The molecule has 0 amide bonds. The number of hydrogen-bond donors (Lipinski definition) is 2. The third-order valence-corrected chi connectivity index (χ3v) is 7.53. The number of nitro groups is 1. The second-order valence-corrected chi connectivity index (χ2v) is 10.5. The number of fused-ring (bicyclic) bond motifs is 1. The number of benzene rings is 3. The number of hydrogen-bond acceptors (Lipinski definition) is 10. The van der Waals surface area contributed by atoms with Crippen molar-refractivity contribution < 1.29 is 37.1 Å². The fourth-order valence-electron chi connectivity index (χ4n) is 4.17. The zero-order chi connectivity index (χ0) is 29.1. The molecule has 3 aromatic rings. The quantitative estimate of drug-likeness (QED) is 0.168. The summed E-state index contributed by atoms with van der Waals surface area (Å²) < 4.78 is 45.1. The van der Waals surface area contributed by atoms with Crippen LogP contribution in [0.2, 0.25) is 0 Å². The van der Waals surface area contributed by atoms with Crippen LogP contribution in [0.15, 0.2) is 71.6 Å². The summed E-state index contributed by atoms with van der Waals surface area (Å²) in [6, 6.07) is 15.7. The predicted octanol–water partition coefficient (Wildman–Crippen LogP) is 3.71. The van der Waals surface area contributed by atoms with Crippen LogP contribution in [0.3, 0.4) is 0 Å². The molecule has 1 aliphatic rings. The van der Waals surface area contributed by atoms with Gasteiger partial charge in [0.1, 0.15) is 5.75 Å². The first-order valence-corrected chi connectivity index (χ1v) is 13.8. The van der Waals surface area contributed by atoms with Gasteiger partial charge in [0.05, 0.1) is 23.0 Å². The van der Waals surface area contributed by atoms with E-state index in [1.54, 1.807) is 26.0 Å². The molecular formula is C27H27N3O9S. The molecule has 12 nitrogen and oxygen atoms in total. The van der Waals surface area contributed by atoms with Crippen LogP contribution in [-0.2, 0) is 34.6 Å². The minimum absolute atomic E-state index is 0.0190. The van der Waals surface area contributed by atoms with Crippen LogP contribution in [-0.4, -0.2) is 38.5 Å². The van der Waals surface area contributed by atoms with Gasteiger partial charge in [-0.25, -0.2) is 23.3 Å². The van der Waals surface area contributed by atoms with E-state index in [0.717, 1.165) is 5.56 Å². The van der Waals surface area contributed by atoms with E-state index in [9.17, 15) is 28.1 Å². The first-order valence-electron chi connectivity index (χ1n) is 12.3. The smallest absolute Gasteiger partial charge is 0.343 e. The summed E-state index contributed by atoms with van der Waals surface area (Å²) in [5.41, 5.74) is -1.14. The van der Waals surface area contributed by atoms with Gasteiger partial charge in [-0.15, -0.1) is 0 Å². The molecule has 0 spiro atoms. The van der Waals surface area contributed by atoms with Gasteiger partial charge in [0.25, 0.3) is 15.7 Å². The molecule has 4 rings (SSSR count). The van der Waals surface area contributed by atoms with Crippen molar-refractivity contribution in [2.45, 2.75) is 37.4 Å². The lowest BCUT2D eigenvalue weighted by Crippen LogP contribution is -2.60. The predicted molar refractivity (Wildman–Crippen MR) is 143 cm³/mol. The lowest BCUT2D eigenvalue weighted by atomic mass is 9.86. The number of sulfonamides is 1. The number of aryl methyl sites for hydroxylation is 1. The molecule has 1 heterocycles. The van der Waals surface area contributed by atoms with Crippen LogP contribution in [0.5, 0.6) is 5.75 Å². The highest BCUT2D eigenvalue weighted by Gasteiger charge is 2.56. The Labute approximate surface area is 230 Å². The van der Waals surface area contributed by atoms with Gasteiger partial charge in [-0.05, 0) is 63.2 Å². The fraction of sp³-hybridized carbons (Fsp3) is 0.259. The van der Waals surface area contributed by atoms with Crippen molar-refractivity contribution in [1.82, 2.24) is 5.32 Å². The molecule has 3 aromatic carbocycles. The number of anilines is 1. The molecule has 13 heteroatoms. The Morgan fingerprint density at radius 3 is 2.15 bits per heavy atom. The van der Waals surface area contributed by atoms with Crippen molar-refractivity contribution in [3.05, 3.63) is 93.5 Å². The molecule has 0 aliphatic carbocycles. The minimum atomic E-state index is -4.02. The number of ether oxygens (including phenoxy) is 3. The highest BCUT2D eigenvalue weighted by atomic mass is 32.2. The van der Waals surface area contributed by atoms with Crippen LogP contribution >= 0.6 is 0 Å². The zero-order valence-corrected chi connectivity index (χ0v) is 22.7. The maximum Gasteiger partial charge on any atom is 0.343 e. The first kappa shape index (κ1) is 28.5. The second-order valence-electron chi connectivity index (χ2n) is 8.81. The van der Waals surface area contributed by atoms with Crippen molar-refractivity contribution in [1.29, 1.82) is 0 Å². The first-order chi connectivity index (χ1) is 19.0. The average Bonchev–Trinajstić information content (AvgIpc) is 2.92. The van der Waals surface area contributed by atoms with E-state index >= 15 is 0 Å². The summed E-state index contributed by atoms with van der Waals surface area (Å²) in [5.74, 6) is -1.92. The number of rotatable bonds is 9. The molecule has 0 aromatic heterocycles. The van der Waals surface area contributed by atoms with E-state index in [1.165, 1.54) is 54.6 Å². The van der Waals surface area contributed by atoms with Crippen LogP contribution in [0.25, 0.3) is 0 Å². The minimum Gasteiger partial charge on any atom is -0.471 e. The monoisotopic (exact) mass is 569 g/mol. The van der Waals surface area contributed by atoms with Crippen molar-refractivity contribution in [2.24, 2.45) is 0 Å². The average molecular weight is 570 g/mol. The van der Waals surface area contributed by atoms with Crippen LogP contribution < -0.4 is 14.8 Å². The van der Waals surface area contributed by atoms with Gasteiger partial charge in [0, 0.05) is 28.9 Å². The summed E-state index contributed by atoms with van der Waals surface area (Å²) in [5, 5.41) is 14.0. The number of nitrogens with zero attached hydrogens (tertiary/aromatic N) is 1. The van der Waals surface area contributed by atoms with Crippen LogP contribution in [0.4, 0.5) is 11.4 Å². The van der Waals surface area contributed by atoms with Gasteiger partial charge in [-0.2, -0.15) is 0 Å². The number of carbonyl (C=O) groups is 2. The molecule has 0 fully saturated rings. The summed E-state index contributed by atoms with van der Waals surface area (Å²) in [6.45, 7) is 4.82. The highest BCUT2D eigenvalue weighted by Crippen LogP contribution is 2.42. The molecule has 0 unspecified atom stereocenters. The van der Waals surface area contributed by atoms with Crippen molar-refractivity contribution >= 4 is 33.3 Å². The SMILES string of the molecule is CCOC(=O)C1(C(=O)OCC)N[C@@H](c2ccc([N+](=O)[O-])cc2)Oc2ccc(NS(=O)(=O)c3ccc(C)cc3)cc21. The fourth-order valence-corrected chi connectivity index (χ4v) is 5.22. The van der Waals surface area contributed by atoms with E-state index in [-0.39, 0.29) is 40.8 Å². The topological polar surface area (TPSA) is 163 Å². The Hall–Kier alpha value is -4.49. The molecule has 210 valence electrons. The lowest BCUT2D eigenvalue weighted by Gasteiger charge is -2.40. The van der Waals surface area contributed by atoms with Crippen molar-refractivity contribution in [3.63, 3.8) is 0 Å². The van der Waals surface area contributed by atoms with Gasteiger partial charge >= 0.3 is 11.9 Å². The van der Waals surface area contributed by atoms with E-state index in [2.05, 4.69) is 10.0 Å². The van der Waals surface area contributed by atoms with Gasteiger partial charge in [0.2, 0.25) is 5.54 Å². The van der Waals surface area contributed by atoms with Gasteiger partial charge in [0.15, 0.2) is 6.23 Å². The third-order valence-electron chi connectivity index (χ3n) is 6.13. The van der Waals surface area contributed by atoms with E-state index < -0.39 is 38.7 Å². The molecule has 2 N–H and O–H groups in total. The van der Waals surface area contributed by atoms with E-state index in [1.807, 2.05) is 6.92 Å². The normalized spacial score (nSPS) is 15.7. The Morgan fingerprint density at radius 2 is 1.60 bits per heavy atom. The standard InChI is InChI=1S/C27H27N3O9S/c1-4-37-25(31)27(26(32)38-5-2)22-16-19(29-40(35,36)21-13-6-17(3)7-14-21)10-15-23(22)39-24(28-27)18-8-11-20(12-9-18)30(33)34/h6-16,24,28-29H,4-5H2,1-3H3/t24-/m1/s1. The Kier molecular flexibility index (Phi) is 8.07. The molecule has 0 saturated heterocycles. The van der Waals surface area contributed by atoms with Crippen LogP contribution in [0, 0.1) is 17.0 Å². The number of non-ortho nitro benzene ring substituents is 1. The largest absolute Gasteiger partial charge is 0.471 e. The molecule has 0 bridgehead atoms. The highest BCUT2D eigenvalue weighted by molar-refractivity contribution is 7.92. The Morgan fingerprint density at radius 1 is 1.00 bits per heavy atom.